The van der Waals surface area contributed by atoms with Gasteiger partial charge in [-0.05, 0) is 36.9 Å². The second kappa shape index (κ2) is 4.66. The van der Waals surface area contributed by atoms with Gasteiger partial charge < -0.3 is 5.32 Å². The molecular weight excluding hydrogens is 226 g/mol. The normalized spacial score (nSPS) is 31.7. The van der Waals surface area contributed by atoms with Gasteiger partial charge >= 0.3 is 0 Å². The molecule has 0 spiro atoms. The Labute approximate surface area is 108 Å². The first kappa shape index (κ1) is 11.6. The number of rotatable bonds is 2. The van der Waals surface area contributed by atoms with Crippen molar-refractivity contribution in [2.75, 3.05) is 12.3 Å². The number of hydrogen-bond acceptors (Lipinski definition) is 2. The number of thioether (sulfide) groups is 1. The lowest BCUT2D eigenvalue weighted by Crippen LogP contribution is -2.52. The number of hydrogen-bond donors (Lipinski definition) is 1. The fourth-order valence-corrected chi connectivity index (χ4v) is 5.03. The molecule has 92 valence electrons. The Balaban J connectivity index is 2.07. The van der Waals surface area contributed by atoms with Gasteiger partial charge in [0.15, 0.2) is 0 Å². The number of nitrogens with one attached hydrogen (secondary N) is 1. The summed E-state index contributed by atoms with van der Waals surface area (Å²) in [4.78, 5) is 1.51. The summed E-state index contributed by atoms with van der Waals surface area (Å²) < 4.78 is 0. The summed E-state index contributed by atoms with van der Waals surface area (Å²) in [5.41, 5.74) is 1.86. The Kier molecular flexibility index (Phi) is 3.18. The fourth-order valence-electron chi connectivity index (χ4n) is 3.62. The molecule has 0 amide bonds. The third-order valence-electron chi connectivity index (χ3n) is 4.37. The Morgan fingerprint density at radius 2 is 2.24 bits per heavy atom. The molecule has 0 bridgehead atoms. The first-order chi connectivity index (χ1) is 8.37. The van der Waals surface area contributed by atoms with E-state index in [9.17, 15) is 0 Å². The van der Waals surface area contributed by atoms with Gasteiger partial charge in [-0.2, -0.15) is 0 Å². The third kappa shape index (κ3) is 1.82. The minimum atomic E-state index is 0.287. The lowest BCUT2D eigenvalue weighted by atomic mass is 9.69. The highest BCUT2D eigenvalue weighted by Gasteiger charge is 2.44. The molecule has 0 aromatic heterocycles. The molecule has 2 aliphatic rings. The van der Waals surface area contributed by atoms with Gasteiger partial charge in [-0.15, -0.1) is 11.8 Å². The van der Waals surface area contributed by atoms with E-state index in [4.69, 9.17) is 0 Å². The predicted octanol–water partition coefficient (Wildman–Crippen LogP) is 3.79. The van der Waals surface area contributed by atoms with Crippen molar-refractivity contribution in [2.24, 2.45) is 5.92 Å². The Morgan fingerprint density at radius 3 is 3.12 bits per heavy atom. The second-order valence-electron chi connectivity index (χ2n) is 5.25. The Bertz CT molecular complexity index is 400. The molecule has 1 aromatic carbocycles. The molecule has 3 rings (SSSR count). The Morgan fingerprint density at radius 1 is 1.35 bits per heavy atom. The highest BCUT2D eigenvalue weighted by atomic mass is 32.2. The molecule has 17 heavy (non-hydrogen) atoms. The van der Waals surface area contributed by atoms with Crippen molar-refractivity contribution in [2.45, 2.75) is 43.0 Å². The maximum absolute atomic E-state index is 3.84. The summed E-state index contributed by atoms with van der Waals surface area (Å²) in [5.74, 6) is 2.13. The zero-order valence-electron chi connectivity index (χ0n) is 10.5. The summed E-state index contributed by atoms with van der Waals surface area (Å²) in [6, 6.07) is 9.02. The van der Waals surface area contributed by atoms with Crippen LogP contribution in [-0.4, -0.2) is 12.3 Å². The van der Waals surface area contributed by atoms with Crippen LogP contribution in [0.5, 0.6) is 0 Å². The predicted molar refractivity (Wildman–Crippen MR) is 74.5 cm³/mol. The molecule has 0 saturated heterocycles. The average Bonchev–Trinajstić information content (AvgIpc) is 2.39. The van der Waals surface area contributed by atoms with Crippen molar-refractivity contribution in [1.29, 1.82) is 0 Å². The molecule has 1 N–H and O–H groups in total. The molecule has 2 atom stereocenters. The lowest BCUT2D eigenvalue weighted by Gasteiger charge is -2.49. The zero-order valence-corrected chi connectivity index (χ0v) is 11.4. The van der Waals surface area contributed by atoms with Crippen LogP contribution < -0.4 is 5.32 Å². The van der Waals surface area contributed by atoms with Gasteiger partial charge in [0.25, 0.3) is 0 Å². The lowest BCUT2D eigenvalue weighted by molar-refractivity contribution is 0.154. The highest BCUT2D eigenvalue weighted by molar-refractivity contribution is 7.99. The highest BCUT2D eigenvalue weighted by Crippen LogP contribution is 2.50. The van der Waals surface area contributed by atoms with Gasteiger partial charge in [-0.1, -0.05) is 38.0 Å². The minimum Gasteiger partial charge on any atom is -0.307 e. The fraction of sp³-hybridized carbons (Fsp3) is 0.600. The smallest absolute Gasteiger partial charge is 0.0482 e. The van der Waals surface area contributed by atoms with Gasteiger partial charge in [0.05, 0.1) is 0 Å². The van der Waals surface area contributed by atoms with Crippen LogP contribution in [-0.2, 0) is 5.54 Å². The van der Waals surface area contributed by atoms with E-state index >= 15 is 0 Å². The van der Waals surface area contributed by atoms with E-state index < -0.39 is 0 Å². The van der Waals surface area contributed by atoms with Crippen LogP contribution in [0.1, 0.15) is 38.2 Å². The molecule has 1 heterocycles. The van der Waals surface area contributed by atoms with Crippen molar-refractivity contribution in [3.05, 3.63) is 29.8 Å². The summed E-state index contributed by atoms with van der Waals surface area (Å²) in [7, 11) is 0. The summed E-state index contributed by atoms with van der Waals surface area (Å²) in [6.45, 7) is 3.32. The van der Waals surface area contributed by atoms with Crippen LogP contribution in [0, 0.1) is 5.92 Å². The van der Waals surface area contributed by atoms with Crippen LogP contribution in [0.3, 0.4) is 0 Å². The van der Waals surface area contributed by atoms with Gasteiger partial charge in [0.1, 0.15) is 0 Å². The first-order valence-corrected chi connectivity index (χ1v) is 7.83. The zero-order chi connectivity index (χ0) is 11.7. The number of benzene rings is 1. The Hall–Kier alpha value is -0.470. The maximum Gasteiger partial charge on any atom is 0.0482 e. The van der Waals surface area contributed by atoms with Gasteiger partial charge in [0, 0.05) is 16.2 Å². The quantitative estimate of drug-likeness (QED) is 0.853. The van der Waals surface area contributed by atoms with E-state index in [1.54, 1.807) is 5.56 Å². The number of fused-ring (bicyclic) bond motifs is 3. The van der Waals surface area contributed by atoms with E-state index in [0.717, 1.165) is 12.5 Å². The second-order valence-corrected chi connectivity index (χ2v) is 6.31. The van der Waals surface area contributed by atoms with Crippen LogP contribution in [0.2, 0.25) is 0 Å². The molecule has 1 fully saturated rings. The maximum atomic E-state index is 3.84. The van der Waals surface area contributed by atoms with Crippen LogP contribution in [0.15, 0.2) is 29.2 Å². The van der Waals surface area contributed by atoms with Gasteiger partial charge in [-0.25, -0.2) is 0 Å². The van der Waals surface area contributed by atoms with E-state index in [-0.39, 0.29) is 5.54 Å². The minimum absolute atomic E-state index is 0.287. The van der Waals surface area contributed by atoms with E-state index in [1.165, 1.54) is 36.3 Å². The molecule has 2 unspecified atom stereocenters. The van der Waals surface area contributed by atoms with Crippen LogP contribution in [0.4, 0.5) is 0 Å². The van der Waals surface area contributed by atoms with Crippen LogP contribution >= 0.6 is 11.8 Å². The molecule has 0 radical (unpaired) electrons. The topological polar surface area (TPSA) is 12.0 Å². The van der Waals surface area contributed by atoms with E-state index in [1.807, 2.05) is 0 Å². The molecule has 1 aliphatic heterocycles. The van der Waals surface area contributed by atoms with E-state index in [2.05, 4.69) is 48.3 Å². The first-order valence-electron chi connectivity index (χ1n) is 6.84. The molecular formula is C15H21NS. The van der Waals surface area contributed by atoms with E-state index in [0.29, 0.717) is 0 Å². The van der Waals surface area contributed by atoms with Gasteiger partial charge in [-0.3, -0.25) is 0 Å². The van der Waals surface area contributed by atoms with Crippen molar-refractivity contribution < 1.29 is 0 Å². The molecule has 1 aromatic rings. The summed E-state index contributed by atoms with van der Waals surface area (Å²) >= 11 is 2.06. The average molecular weight is 247 g/mol. The SMILES string of the molecule is CCNC12CCCCC1CSc1ccccc12. The van der Waals surface area contributed by atoms with Crippen LogP contribution in [0.25, 0.3) is 0 Å². The van der Waals surface area contributed by atoms with Gasteiger partial charge in [0.2, 0.25) is 0 Å². The van der Waals surface area contributed by atoms with Crippen molar-refractivity contribution in [3.63, 3.8) is 0 Å². The molecule has 1 nitrogen and oxygen atoms in total. The summed E-state index contributed by atoms with van der Waals surface area (Å²) in [5, 5.41) is 3.84. The monoisotopic (exact) mass is 247 g/mol. The summed E-state index contributed by atoms with van der Waals surface area (Å²) in [6.07, 6.45) is 5.51. The third-order valence-corrected chi connectivity index (χ3v) is 5.61. The molecule has 1 saturated carbocycles. The van der Waals surface area contributed by atoms with Crippen molar-refractivity contribution >= 4 is 11.8 Å². The van der Waals surface area contributed by atoms with Crippen molar-refractivity contribution in [1.82, 2.24) is 5.32 Å². The standard InChI is InChI=1S/C15H21NS/c1-2-16-15-10-6-5-7-12(15)11-17-14-9-4-3-8-13(14)15/h3-4,8-9,12,16H,2,5-7,10-11H2,1H3. The molecule has 1 aliphatic carbocycles. The largest absolute Gasteiger partial charge is 0.307 e. The van der Waals surface area contributed by atoms with Crippen molar-refractivity contribution in [3.8, 4) is 0 Å². The molecule has 2 heteroatoms.